The fraction of sp³-hybridized carbons (Fsp3) is 0.273. The van der Waals surface area contributed by atoms with E-state index in [9.17, 15) is 26.6 Å². The predicted octanol–water partition coefficient (Wildman–Crippen LogP) is 2.61. The topological polar surface area (TPSA) is 70.3 Å². The van der Waals surface area contributed by atoms with E-state index in [0.717, 1.165) is 12.3 Å². The summed E-state index contributed by atoms with van der Waals surface area (Å²) in [6.07, 6.45) is -1.01. The molecular weight excluding hydrogens is 300 g/mol. The van der Waals surface area contributed by atoms with Gasteiger partial charge in [0.25, 0.3) is 0 Å². The number of Topliss-reactive ketones (excluding diaryl/α,β-unsaturated/α-hetero) is 1. The van der Waals surface area contributed by atoms with Crippen molar-refractivity contribution in [1.29, 1.82) is 5.26 Å². The molecule has 0 spiro atoms. The molecule has 1 aliphatic carbocycles. The molecule has 0 fully saturated rings. The van der Waals surface area contributed by atoms with Crippen molar-refractivity contribution in [2.24, 2.45) is 4.36 Å². The van der Waals surface area contributed by atoms with E-state index in [2.05, 4.69) is 4.36 Å². The molecule has 1 aromatic carbocycles. The predicted molar refractivity (Wildman–Crippen MR) is 59.9 cm³/mol. The minimum absolute atomic E-state index is 0.569. The number of halogens is 4. The Morgan fingerprint density at radius 2 is 2.05 bits per heavy atom. The Labute approximate surface area is 111 Å². The minimum atomic E-state index is -4.43. The van der Waals surface area contributed by atoms with E-state index in [1.807, 2.05) is 0 Å². The molecule has 0 heterocycles. The SMILES string of the molecule is CS(=O)(=NC#N)c1ccc(F)c2c1C(=O)C(F)(F)[C@@H]2F. The van der Waals surface area contributed by atoms with Gasteiger partial charge >= 0.3 is 5.92 Å². The van der Waals surface area contributed by atoms with E-state index >= 15 is 0 Å². The summed E-state index contributed by atoms with van der Waals surface area (Å²) in [5.41, 5.74) is -2.13. The number of benzene rings is 1. The number of nitrogens with zero attached hydrogens (tertiary/aromatic N) is 2. The first kappa shape index (κ1) is 14.5. The lowest BCUT2D eigenvalue weighted by atomic mass is 10.1. The lowest BCUT2D eigenvalue weighted by molar-refractivity contribution is -0.0372. The van der Waals surface area contributed by atoms with Crippen molar-refractivity contribution in [2.75, 3.05) is 6.26 Å². The van der Waals surface area contributed by atoms with Crippen molar-refractivity contribution in [3.05, 3.63) is 29.1 Å². The highest BCUT2D eigenvalue weighted by Crippen LogP contribution is 2.48. The van der Waals surface area contributed by atoms with Gasteiger partial charge in [0.05, 0.1) is 20.2 Å². The van der Waals surface area contributed by atoms with Crippen LogP contribution in [0.5, 0.6) is 0 Å². The van der Waals surface area contributed by atoms with Crippen LogP contribution in [0.2, 0.25) is 0 Å². The molecule has 0 aromatic heterocycles. The molecule has 1 aromatic rings. The second-order valence-electron chi connectivity index (χ2n) is 4.14. The summed E-state index contributed by atoms with van der Waals surface area (Å²) in [6, 6.07) is 1.41. The first-order valence-corrected chi connectivity index (χ1v) is 7.06. The van der Waals surface area contributed by atoms with Crippen LogP contribution in [-0.4, -0.2) is 22.2 Å². The molecule has 1 aliphatic rings. The Morgan fingerprint density at radius 1 is 1.45 bits per heavy atom. The molecule has 0 radical (unpaired) electrons. The number of nitriles is 1. The van der Waals surface area contributed by atoms with Gasteiger partial charge < -0.3 is 0 Å². The van der Waals surface area contributed by atoms with Crippen LogP contribution in [0.1, 0.15) is 22.1 Å². The quantitative estimate of drug-likeness (QED) is 0.591. The summed E-state index contributed by atoms with van der Waals surface area (Å²) in [6.45, 7) is 0. The number of rotatable bonds is 1. The average Bonchev–Trinajstić information content (AvgIpc) is 2.52. The summed E-state index contributed by atoms with van der Waals surface area (Å²) < 4.78 is 68.9. The maximum atomic E-state index is 13.6. The molecule has 0 bridgehead atoms. The Balaban J connectivity index is 2.90. The first-order valence-electron chi connectivity index (χ1n) is 5.14. The lowest BCUT2D eigenvalue weighted by Gasteiger charge is -2.09. The molecule has 9 heteroatoms. The zero-order valence-corrected chi connectivity index (χ0v) is 10.7. The summed E-state index contributed by atoms with van der Waals surface area (Å²) in [5, 5.41) is 8.41. The van der Waals surface area contributed by atoms with E-state index in [4.69, 9.17) is 5.26 Å². The minimum Gasteiger partial charge on any atom is -0.287 e. The number of carbonyl (C=O) groups excluding carboxylic acids is 1. The third-order valence-electron chi connectivity index (χ3n) is 2.88. The van der Waals surface area contributed by atoms with Crippen molar-refractivity contribution in [3.8, 4) is 6.19 Å². The van der Waals surface area contributed by atoms with E-state index in [-0.39, 0.29) is 0 Å². The maximum Gasteiger partial charge on any atom is 0.344 e. The molecule has 0 amide bonds. The van der Waals surface area contributed by atoms with Crippen molar-refractivity contribution >= 4 is 15.5 Å². The molecule has 2 atom stereocenters. The number of alkyl halides is 3. The van der Waals surface area contributed by atoms with Gasteiger partial charge in [0.15, 0.2) is 6.17 Å². The smallest absolute Gasteiger partial charge is 0.287 e. The van der Waals surface area contributed by atoms with E-state index in [1.165, 1.54) is 6.19 Å². The summed E-state index contributed by atoms with van der Waals surface area (Å²) in [5.74, 6) is -7.73. The van der Waals surface area contributed by atoms with Crippen LogP contribution in [0.3, 0.4) is 0 Å². The van der Waals surface area contributed by atoms with Crippen molar-refractivity contribution < 1.29 is 26.6 Å². The van der Waals surface area contributed by atoms with Gasteiger partial charge in [-0.05, 0) is 12.1 Å². The second kappa shape index (κ2) is 4.28. The van der Waals surface area contributed by atoms with Gasteiger partial charge in [-0.3, -0.25) is 4.79 Å². The standard InChI is InChI=1S/C11H6F4N2O2S/c1-20(19,17-4-16)6-3-2-5(12)7-8(6)10(18)11(14,15)9(7)13/h2-3,9H,1H3/t9-,20?/m1/s1. The van der Waals surface area contributed by atoms with Gasteiger partial charge in [0.1, 0.15) is 5.82 Å². The number of hydrogen-bond donors (Lipinski definition) is 0. The number of hydrogen-bond acceptors (Lipinski definition) is 4. The molecule has 20 heavy (non-hydrogen) atoms. The Bertz CT molecular complexity index is 775. The zero-order valence-electron chi connectivity index (χ0n) is 9.86. The second-order valence-corrected chi connectivity index (χ2v) is 6.37. The van der Waals surface area contributed by atoms with Crippen LogP contribution < -0.4 is 0 Å². The molecule has 4 nitrogen and oxygen atoms in total. The molecule has 2 rings (SSSR count). The highest BCUT2D eigenvalue weighted by Gasteiger charge is 2.58. The highest BCUT2D eigenvalue weighted by atomic mass is 32.2. The monoisotopic (exact) mass is 306 g/mol. The third-order valence-corrected chi connectivity index (χ3v) is 4.47. The highest BCUT2D eigenvalue weighted by molar-refractivity contribution is 7.93. The van der Waals surface area contributed by atoms with Crippen LogP contribution in [0.25, 0.3) is 0 Å². The number of fused-ring (bicyclic) bond motifs is 1. The summed E-state index contributed by atoms with van der Waals surface area (Å²) >= 11 is 0. The van der Waals surface area contributed by atoms with Crippen molar-refractivity contribution in [3.63, 3.8) is 0 Å². The van der Waals surface area contributed by atoms with E-state index < -0.39 is 49.4 Å². The van der Waals surface area contributed by atoms with Gasteiger partial charge in [-0.2, -0.15) is 14.0 Å². The van der Waals surface area contributed by atoms with E-state index in [1.54, 1.807) is 0 Å². The fourth-order valence-corrected chi connectivity index (χ4v) is 3.12. The van der Waals surface area contributed by atoms with Gasteiger partial charge in [-0.15, -0.1) is 4.36 Å². The average molecular weight is 306 g/mol. The Hall–Kier alpha value is -1.95. The number of carbonyl (C=O) groups is 1. The molecule has 0 aliphatic heterocycles. The summed E-state index contributed by atoms with van der Waals surface area (Å²) in [4.78, 5) is 11.0. The van der Waals surface area contributed by atoms with Crippen molar-refractivity contribution in [2.45, 2.75) is 17.0 Å². The molecule has 106 valence electrons. The fourth-order valence-electron chi connectivity index (χ4n) is 1.96. The first-order chi connectivity index (χ1) is 9.14. The van der Waals surface area contributed by atoms with Gasteiger partial charge in [0, 0.05) is 11.8 Å². The molecule has 0 saturated heterocycles. The largest absolute Gasteiger partial charge is 0.344 e. The molecule has 1 unspecified atom stereocenters. The van der Waals surface area contributed by atoms with Crippen LogP contribution in [0.15, 0.2) is 21.4 Å². The lowest BCUT2D eigenvalue weighted by Crippen LogP contribution is -2.26. The molecule has 0 N–H and O–H groups in total. The Kier molecular flexibility index (Phi) is 3.09. The molecule has 0 saturated carbocycles. The van der Waals surface area contributed by atoms with Gasteiger partial charge in [-0.1, -0.05) is 0 Å². The zero-order chi connectivity index (χ0) is 15.3. The van der Waals surface area contributed by atoms with Gasteiger partial charge in [0.2, 0.25) is 12.0 Å². The van der Waals surface area contributed by atoms with Crippen molar-refractivity contribution in [1.82, 2.24) is 0 Å². The molecular formula is C11H6F4N2O2S. The van der Waals surface area contributed by atoms with Crippen LogP contribution in [0.4, 0.5) is 17.6 Å². The summed E-state index contributed by atoms with van der Waals surface area (Å²) in [7, 11) is -3.53. The van der Waals surface area contributed by atoms with Crippen LogP contribution in [-0.2, 0) is 9.73 Å². The normalized spacial score (nSPS) is 22.8. The van der Waals surface area contributed by atoms with Crippen LogP contribution in [0, 0.1) is 17.3 Å². The van der Waals surface area contributed by atoms with E-state index in [0.29, 0.717) is 6.07 Å². The van der Waals surface area contributed by atoms with Gasteiger partial charge in [-0.25, -0.2) is 13.0 Å². The third kappa shape index (κ3) is 1.79. The number of ketones is 1. The van der Waals surface area contributed by atoms with Crippen LogP contribution >= 0.6 is 0 Å². The maximum absolute atomic E-state index is 13.6. The Morgan fingerprint density at radius 3 is 2.60 bits per heavy atom.